The Labute approximate surface area is 198 Å². The van der Waals surface area contributed by atoms with E-state index in [1.54, 1.807) is 0 Å². The van der Waals surface area contributed by atoms with Crippen LogP contribution >= 0.6 is 34.3 Å². The zero-order valence-electron chi connectivity index (χ0n) is 17.3. The van der Waals surface area contributed by atoms with Crippen LogP contribution in [0, 0.1) is 13.8 Å². The van der Waals surface area contributed by atoms with Crippen molar-refractivity contribution in [1.29, 1.82) is 0 Å². The smallest absolute Gasteiger partial charge is 0.258 e. The third-order valence-corrected chi connectivity index (χ3v) is 7.18. The van der Waals surface area contributed by atoms with Crippen molar-refractivity contribution in [2.24, 2.45) is 0 Å². The van der Waals surface area contributed by atoms with Crippen LogP contribution < -0.4 is 5.32 Å². The van der Waals surface area contributed by atoms with E-state index in [1.165, 1.54) is 28.2 Å². The minimum absolute atomic E-state index is 0.214. The first-order valence-corrected chi connectivity index (χ1v) is 12.1. The van der Waals surface area contributed by atoms with E-state index in [0.717, 1.165) is 38.3 Å². The van der Waals surface area contributed by atoms with E-state index in [-0.39, 0.29) is 5.91 Å². The van der Waals surface area contributed by atoms with Crippen molar-refractivity contribution >= 4 is 56.2 Å². The van der Waals surface area contributed by atoms with E-state index in [1.807, 2.05) is 47.8 Å². The van der Waals surface area contributed by atoms with Crippen LogP contribution in [0.5, 0.6) is 0 Å². The van der Waals surface area contributed by atoms with Gasteiger partial charge < -0.3 is 0 Å². The van der Waals surface area contributed by atoms with Gasteiger partial charge in [0.05, 0.1) is 31.7 Å². The number of pyridine rings is 1. The number of aryl methyl sites for hydroxylation is 2. The highest BCUT2D eigenvalue weighted by molar-refractivity contribution is 7.19. The molecule has 2 aromatic carbocycles. The molecule has 1 N–H and O–H groups in total. The lowest BCUT2D eigenvalue weighted by Gasteiger charge is -2.09. The fourth-order valence-electron chi connectivity index (χ4n) is 3.66. The first-order valence-electron chi connectivity index (χ1n) is 9.98. The number of hydrogen-bond donors (Lipinski definition) is 1. The van der Waals surface area contributed by atoms with Crippen molar-refractivity contribution in [1.82, 2.24) is 9.97 Å². The number of carbonyl (C=O) groups excluding carboxylic acids is 1. The second kappa shape index (κ2) is 8.47. The number of nitrogens with zero attached hydrogens (tertiary/aromatic N) is 2. The number of para-hydroxylation sites is 1. The highest BCUT2D eigenvalue weighted by atomic mass is 35.5. The number of carbonyl (C=O) groups is 1. The first-order chi connectivity index (χ1) is 15.5. The molecule has 1 amide bonds. The number of benzene rings is 2. The quantitative estimate of drug-likeness (QED) is 0.291. The first kappa shape index (κ1) is 20.8. The van der Waals surface area contributed by atoms with E-state index >= 15 is 0 Å². The number of thiophene rings is 1. The molecule has 32 heavy (non-hydrogen) atoms. The molecule has 7 heteroatoms. The van der Waals surface area contributed by atoms with Crippen molar-refractivity contribution in [3.8, 4) is 21.8 Å². The van der Waals surface area contributed by atoms with Gasteiger partial charge in [-0.25, -0.2) is 9.97 Å². The number of aromatic nitrogens is 2. The summed E-state index contributed by atoms with van der Waals surface area (Å²) in [6.45, 7) is 4.14. The molecule has 3 heterocycles. The maximum Gasteiger partial charge on any atom is 0.258 e. The molecule has 0 unspecified atom stereocenters. The maximum absolute atomic E-state index is 13.3. The molecule has 0 bridgehead atoms. The molecule has 0 radical (unpaired) electrons. The van der Waals surface area contributed by atoms with Crippen molar-refractivity contribution in [2.45, 2.75) is 13.8 Å². The SMILES string of the molecule is Cc1ccc(-c2csc(NC(=O)c3cc(-c4ccc(Cl)s4)nc4ccccc34)n2)c(C)c1. The number of thiazole rings is 1. The lowest BCUT2D eigenvalue weighted by molar-refractivity contribution is 0.102. The molecule has 4 nitrogen and oxygen atoms in total. The summed E-state index contributed by atoms with van der Waals surface area (Å²) in [7, 11) is 0. The number of hydrogen-bond acceptors (Lipinski definition) is 5. The summed E-state index contributed by atoms with van der Waals surface area (Å²) in [6, 6.07) is 19.5. The molecule has 0 saturated heterocycles. The van der Waals surface area contributed by atoms with E-state index in [9.17, 15) is 4.79 Å². The van der Waals surface area contributed by atoms with Crippen molar-refractivity contribution in [3.63, 3.8) is 0 Å². The Hall–Kier alpha value is -3.06. The molecule has 0 fully saturated rings. The van der Waals surface area contributed by atoms with Crippen LogP contribution in [0.15, 0.2) is 66.0 Å². The fourth-order valence-corrected chi connectivity index (χ4v) is 5.37. The Bertz CT molecular complexity index is 1470. The Balaban J connectivity index is 1.49. The van der Waals surface area contributed by atoms with Crippen LogP contribution in [0.2, 0.25) is 4.34 Å². The third-order valence-electron chi connectivity index (χ3n) is 5.17. The zero-order valence-corrected chi connectivity index (χ0v) is 19.7. The van der Waals surface area contributed by atoms with Gasteiger partial charge in [-0.1, -0.05) is 53.6 Å². The normalized spacial score (nSPS) is 11.1. The van der Waals surface area contributed by atoms with Crippen molar-refractivity contribution < 1.29 is 4.79 Å². The van der Waals surface area contributed by atoms with Crippen LogP contribution in [-0.2, 0) is 0 Å². The minimum Gasteiger partial charge on any atom is -0.298 e. The third kappa shape index (κ3) is 4.05. The summed E-state index contributed by atoms with van der Waals surface area (Å²) in [6.07, 6.45) is 0. The van der Waals surface area contributed by atoms with Crippen LogP contribution in [-0.4, -0.2) is 15.9 Å². The highest BCUT2D eigenvalue weighted by Gasteiger charge is 2.17. The van der Waals surface area contributed by atoms with Crippen LogP contribution in [0.1, 0.15) is 21.5 Å². The van der Waals surface area contributed by atoms with E-state index in [4.69, 9.17) is 16.6 Å². The van der Waals surface area contributed by atoms with Crippen LogP contribution in [0.3, 0.4) is 0 Å². The number of nitrogens with one attached hydrogen (secondary N) is 1. The van der Waals surface area contributed by atoms with Crippen LogP contribution in [0.4, 0.5) is 5.13 Å². The van der Waals surface area contributed by atoms with Gasteiger partial charge in [-0.05, 0) is 43.7 Å². The summed E-state index contributed by atoms with van der Waals surface area (Å²) < 4.78 is 0.683. The zero-order chi connectivity index (χ0) is 22.2. The second-order valence-electron chi connectivity index (χ2n) is 7.49. The summed E-state index contributed by atoms with van der Waals surface area (Å²) in [5.74, 6) is -0.214. The van der Waals surface area contributed by atoms with Crippen LogP contribution in [0.25, 0.3) is 32.7 Å². The largest absolute Gasteiger partial charge is 0.298 e. The van der Waals surface area contributed by atoms with Gasteiger partial charge in [-0.15, -0.1) is 22.7 Å². The Kier molecular flexibility index (Phi) is 5.51. The van der Waals surface area contributed by atoms with E-state index in [2.05, 4.69) is 42.3 Å². The topological polar surface area (TPSA) is 54.9 Å². The van der Waals surface area contributed by atoms with E-state index in [0.29, 0.717) is 15.0 Å². The van der Waals surface area contributed by atoms with Gasteiger partial charge in [0.25, 0.3) is 5.91 Å². The summed E-state index contributed by atoms with van der Waals surface area (Å²) >= 11 is 8.97. The summed E-state index contributed by atoms with van der Waals surface area (Å²) in [5.41, 5.74) is 6.33. The van der Waals surface area contributed by atoms with Gasteiger partial charge in [0, 0.05) is 16.3 Å². The van der Waals surface area contributed by atoms with E-state index < -0.39 is 0 Å². The molecule has 0 spiro atoms. The van der Waals surface area contributed by atoms with Gasteiger partial charge >= 0.3 is 0 Å². The average molecular weight is 476 g/mol. The summed E-state index contributed by atoms with van der Waals surface area (Å²) in [5, 5.41) is 6.30. The fraction of sp³-hybridized carbons (Fsp3) is 0.0800. The van der Waals surface area contributed by atoms with Gasteiger partial charge in [0.1, 0.15) is 0 Å². The Morgan fingerprint density at radius 2 is 1.81 bits per heavy atom. The molecule has 0 aliphatic carbocycles. The minimum atomic E-state index is -0.214. The monoisotopic (exact) mass is 475 g/mol. The molecular weight excluding hydrogens is 458 g/mol. The number of fused-ring (bicyclic) bond motifs is 1. The molecule has 0 aliphatic heterocycles. The van der Waals surface area contributed by atoms with Gasteiger partial charge in [-0.2, -0.15) is 0 Å². The predicted molar refractivity (Wildman–Crippen MR) is 135 cm³/mol. The molecule has 0 saturated carbocycles. The number of anilines is 1. The predicted octanol–water partition coefficient (Wildman–Crippen LogP) is 7.61. The lowest BCUT2D eigenvalue weighted by atomic mass is 10.0. The van der Waals surface area contributed by atoms with Gasteiger partial charge in [0.2, 0.25) is 0 Å². The molecular formula is C25H18ClN3OS2. The second-order valence-corrected chi connectivity index (χ2v) is 10.1. The number of amides is 1. The molecule has 5 aromatic rings. The maximum atomic E-state index is 13.3. The molecule has 0 aliphatic rings. The number of halogens is 1. The summed E-state index contributed by atoms with van der Waals surface area (Å²) in [4.78, 5) is 23.6. The van der Waals surface area contributed by atoms with Crippen molar-refractivity contribution in [3.05, 3.63) is 87.1 Å². The van der Waals surface area contributed by atoms with Gasteiger partial charge in [0.15, 0.2) is 5.13 Å². The van der Waals surface area contributed by atoms with Gasteiger partial charge in [-0.3, -0.25) is 10.1 Å². The molecule has 3 aromatic heterocycles. The average Bonchev–Trinajstić information content (AvgIpc) is 3.42. The lowest BCUT2D eigenvalue weighted by Crippen LogP contribution is -2.13. The molecule has 0 atom stereocenters. The Morgan fingerprint density at radius 1 is 0.969 bits per heavy atom. The van der Waals surface area contributed by atoms with Crippen molar-refractivity contribution in [2.75, 3.05) is 5.32 Å². The highest BCUT2D eigenvalue weighted by Crippen LogP contribution is 2.33. The Morgan fingerprint density at radius 3 is 2.59 bits per heavy atom. The molecule has 5 rings (SSSR count). The molecule has 158 valence electrons. The number of rotatable bonds is 4. The standard InChI is InChI=1S/C25H18ClN3OS2/c1-14-7-8-16(15(2)11-14)21-13-31-25(28-21)29-24(30)18-12-20(22-9-10-23(26)32-22)27-19-6-4-3-5-17(18)19/h3-13H,1-2H3,(H,28,29,30).